The molecule has 0 atom stereocenters. The van der Waals surface area contributed by atoms with Gasteiger partial charge in [-0.3, -0.25) is 10.1 Å². The van der Waals surface area contributed by atoms with Crippen LogP contribution in [0.25, 0.3) is 0 Å². The lowest BCUT2D eigenvalue weighted by Crippen LogP contribution is -2.25. The maximum atomic E-state index is 10.8. The second-order valence-corrected chi connectivity index (χ2v) is 4.01. The van der Waals surface area contributed by atoms with Crippen molar-refractivity contribution in [1.29, 1.82) is 0 Å². The van der Waals surface area contributed by atoms with Crippen molar-refractivity contribution in [3.8, 4) is 18.1 Å². The Hall–Kier alpha value is -1.73. The molecule has 0 amide bonds. The number of nitro benzene ring substituents is 1. The van der Waals surface area contributed by atoms with Crippen molar-refractivity contribution in [2.45, 2.75) is 19.4 Å². The van der Waals surface area contributed by atoms with E-state index in [9.17, 15) is 10.1 Å². The molecule has 0 aromatic heterocycles. The van der Waals surface area contributed by atoms with E-state index in [1.54, 1.807) is 19.9 Å². The van der Waals surface area contributed by atoms with Gasteiger partial charge in [-0.25, -0.2) is 0 Å². The van der Waals surface area contributed by atoms with Crippen LogP contribution in [0.5, 0.6) is 5.75 Å². The molecule has 0 aliphatic carbocycles. The van der Waals surface area contributed by atoms with E-state index in [2.05, 4.69) is 5.92 Å². The highest BCUT2D eigenvalue weighted by molar-refractivity contribution is 6.32. The number of rotatable bonds is 3. The molecule has 5 heteroatoms. The lowest BCUT2D eigenvalue weighted by Gasteiger charge is -2.19. The first kappa shape index (κ1) is 12.3. The molecule has 0 aliphatic rings. The van der Waals surface area contributed by atoms with Crippen molar-refractivity contribution in [2.75, 3.05) is 0 Å². The molecule has 0 spiro atoms. The third-order valence-electron chi connectivity index (χ3n) is 1.85. The number of hydrogen-bond donors (Lipinski definition) is 0. The Morgan fingerprint density at radius 2 is 2.19 bits per heavy atom. The van der Waals surface area contributed by atoms with E-state index in [1.165, 1.54) is 12.1 Å². The Labute approximate surface area is 98.3 Å². The molecule has 0 N–H and O–H groups in total. The van der Waals surface area contributed by atoms with E-state index in [4.69, 9.17) is 22.8 Å². The summed E-state index contributed by atoms with van der Waals surface area (Å²) in [6.07, 6.45) is 5.24. The summed E-state index contributed by atoms with van der Waals surface area (Å²) in [5.74, 6) is 2.46. The zero-order chi connectivity index (χ0) is 12.3. The van der Waals surface area contributed by atoms with Gasteiger partial charge < -0.3 is 4.74 Å². The minimum absolute atomic E-state index is 0.0234. The Balaban J connectivity index is 3.21. The van der Waals surface area contributed by atoms with Crippen molar-refractivity contribution in [2.24, 2.45) is 0 Å². The molecule has 84 valence electrons. The van der Waals surface area contributed by atoms with Crippen LogP contribution in [0.15, 0.2) is 18.2 Å². The van der Waals surface area contributed by atoms with Gasteiger partial charge in [0.1, 0.15) is 5.02 Å². The summed E-state index contributed by atoms with van der Waals surface area (Å²) in [6, 6.07) is 4.45. The molecule has 1 rings (SSSR count). The van der Waals surface area contributed by atoms with Gasteiger partial charge in [0.2, 0.25) is 5.75 Å². The van der Waals surface area contributed by atoms with Crippen molar-refractivity contribution in [1.82, 2.24) is 0 Å². The summed E-state index contributed by atoms with van der Waals surface area (Å²) >= 11 is 5.72. The molecule has 0 bridgehead atoms. The molecule has 0 saturated heterocycles. The number of benzene rings is 1. The molecule has 0 radical (unpaired) electrons. The van der Waals surface area contributed by atoms with Crippen molar-refractivity contribution in [3.63, 3.8) is 0 Å². The molecule has 1 aromatic carbocycles. The minimum Gasteiger partial charge on any atom is -0.468 e. The van der Waals surface area contributed by atoms with Gasteiger partial charge in [0, 0.05) is 0 Å². The average molecular weight is 240 g/mol. The number of hydrogen-bond acceptors (Lipinski definition) is 3. The fourth-order valence-electron chi connectivity index (χ4n) is 1.06. The summed E-state index contributed by atoms with van der Waals surface area (Å²) in [7, 11) is 0. The number of terminal acetylenes is 1. The van der Waals surface area contributed by atoms with Crippen LogP contribution in [0, 0.1) is 22.5 Å². The molecule has 0 aliphatic heterocycles. The number of ether oxygens (including phenoxy) is 1. The van der Waals surface area contributed by atoms with Crippen LogP contribution in [-0.2, 0) is 0 Å². The predicted molar refractivity (Wildman–Crippen MR) is 61.6 cm³/mol. The molecule has 4 nitrogen and oxygen atoms in total. The van der Waals surface area contributed by atoms with Gasteiger partial charge >= 0.3 is 5.69 Å². The smallest absolute Gasteiger partial charge is 0.329 e. The third kappa shape index (κ3) is 2.65. The molecule has 0 fully saturated rings. The zero-order valence-electron chi connectivity index (χ0n) is 8.86. The Morgan fingerprint density at radius 1 is 1.56 bits per heavy atom. The number of nitrogens with zero attached hydrogens (tertiary/aromatic N) is 1. The first-order valence-electron chi connectivity index (χ1n) is 4.47. The number of para-hydroxylation sites is 1. The van der Waals surface area contributed by atoms with Crippen LogP contribution >= 0.6 is 11.6 Å². The van der Waals surface area contributed by atoms with E-state index in [0.29, 0.717) is 0 Å². The molecule has 0 unspecified atom stereocenters. The monoisotopic (exact) mass is 239 g/mol. The lowest BCUT2D eigenvalue weighted by molar-refractivity contribution is -0.386. The van der Waals surface area contributed by atoms with Gasteiger partial charge in [-0.1, -0.05) is 23.6 Å². The van der Waals surface area contributed by atoms with Crippen LogP contribution in [0.1, 0.15) is 13.8 Å². The SMILES string of the molecule is C#CC(C)(C)Oc1cccc(Cl)c1[N+](=O)[O-]. The van der Waals surface area contributed by atoms with E-state index in [-0.39, 0.29) is 16.5 Å². The topological polar surface area (TPSA) is 52.4 Å². The maximum absolute atomic E-state index is 10.8. The van der Waals surface area contributed by atoms with Crippen LogP contribution in [-0.4, -0.2) is 10.5 Å². The van der Waals surface area contributed by atoms with Crippen LogP contribution in [0.4, 0.5) is 5.69 Å². The molecule has 0 heterocycles. The summed E-state index contributed by atoms with van der Waals surface area (Å²) in [6.45, 7) is 3.27. The predicted octanol–water partition coefficient (Wildman–Crippen LogP) is 3.04. The highest BCUT2D eigenvalue weighted by Crippen LogP contribution is 2.35. The summed E-state index contributed by atoms with van der Waals surface area (Å²) in [4.78, 5) is 10.2. The van der Waals surface area contributed by atoms with Gasteiger partial charge in [-0.05, 0) is 26.0 Å². The van der Waals surface area contributed by atoms with E-state index >= 15 is 0 Å². The number of nitro groups is 1. The van der Waals surface area contributed by atoms with Gasteiger partial charge in [0.25, 0.3) is 0 Å². The van der Waals surface area contributed by atoms with Gasteiger partial charge in [0.05, 0.1) is 4.92 Å². The Morgan fingerprint density at radius 3 is 2.69 bits per heavy atom. The van der Waals surface area contributed by atoms with Crippen LogP contribution in [0.2, 0.25) is 5.02 Å². The average Bonchev–Trinajstić information content (AvgIpc) is 2.16. The minimum atomic E-state index is -0.921. The van der Waals surface area contributed by atoms with Crippen molar-refractivity contribution < 1.29 is 9.66 Å². The van der Waals surface area contributed by atoms with E-state index in [1.807, 2.05) is 0 Å². The zero-order valence-corrected chi connectivity index (χ0v) is 9.62. The lowest BCUT2D eigenvalue weighted by atomic mass is 10.1. The summed E-state index contributed by atoms with van der Waals surface area (Å²) in [5, 5.41) is 10.8. The van der Waals surface area contributed by atoms with Gasteiger partial charge in [-0.2, -0.15) is 0 Å². The Bertz CT molecular complexity index is 463. The molecular formula is C11H10ClNO3. The first-order chi connectivity index (χ1) is 7.37. The Kier molecular flexibility index (Phi) is 3.41. The van der Waals surface area contributed by atoms with E-state index in [0.717, 1.165) is 0 Å². The van der Waals surface area contributed by atoms with Crippen molar-refractivity contribution >= 4 is 17.3 Å². The second-order valence-electron chi connectivity index (χ2n) is 3.60. The van der Waals surface area contributed by atoms with Crippen molar-refractivity contribution in [3.05, 3.63) is 33.3 Å². The quantitative estimate of drug-likeness (QED) is 0.463. The molecule has 1 aromatic rings. The normalized spacial score (nSPS) is 10.6. The molecule has 0 saturated carbocycles. The third-order valence-corrected chi connectivity index (χ3v) is 2.15. The first-order valence-corrected chi connectivity index (χ1v) is 4.85. The molecule has 16 heavy (non-hydrogen) atoms. The number of halogens is 1. The highest BCUT2D eigenvalue weighted by Gasteiger charge is 2.25. The molecular weight excluding hydrogens is 230 g/mol. The fourth-order valence-corrected chi connectivity index (χ4v) is 1.29. The fraction of sp³-hybridized carbons (Fsp3) is 0.273. The summed E-state index contributed by atoms with van der Waals surface area (Å²) in [5.41, 5.74) is -1.19. The van der Waals surface area contributed by atoms with E-state index < -0.39 is 10.5 Å². The van der Waals surface area contributed by atoms with Gasteiger partial charge in [0.15, 0.2) is 5.60 Å². The maximum Gasteiger partial charge on any atom is 0.329 e. The van der Waals surface area contributed by atoms with Crippen LogP contribution in [0.3, 0.4) is 0 Å². The van der Waals surface area contributed by atoms with Gasteiger partial charge in [-0.15, -0.1) is 6.42 Å². The van der Waals surface area contributed by atoms with Crippen LogP contribution < -0.4 is 4.74 Å². The largest absolute Gasteiger partial charge is 0.468 e. The second kappa shape index (κ2) is 4.42. The summed E-state index contributed by atoms with van der Waals surface area (Å²) < 4.78 is 5.36. The standard InChI is InChI=1S/C11H10ClNO3/c1-4-11(2,3)16-9-7-5-6-8(12)10(9)13(14)15/h1,5-7H,2-3H3. The highest BCUT2D eigenvalue weighted by atomic mass is 35.5.